The second-order valence-electron chi connectivity index (χ2n) is 7.31. The lowest BCUT2D eigenvalue weighted by atomic mass is 9.78. The van der Waals surface area contributed by atoms with E-state index in [1.54, 1.807) is 0 Å². The van der Waals surface area contributed by atoms with Crippen LogP contribution < -0.4 is 0 Å². The minimum absolute atomic E-state index is 0.184. The van der Waals surface area contributed by atoms with Crippen LogP contribution in [0.5, 0.6) is 0 Å². The number of nitriles is 1. The van der Waals surface area contributed by atoms with E-state index < -0.39 is 0 Å². The molecule has 1 aliphatic rings. The first-order valence-electron chi connectivity index (χ1n) is 8.99. The maximum Gasteiger partial charge on any atom is 0.0627 e. The number of hydrogen-bond acceptors (Lipinski definition) is 2. The molecule has 0 spiro atoms. The standard InChI is InChI=1S/C23H32N2/c1-7-19(2)8-10-21(4)22(5)11-9-20(3)18-25-16-13-23(6,12-15-24)14-17-25/h8-11H,2-5,7,12-14,16-18H2,1,6H3/b10-8-,11-9-. The van der Waals surface area contributed by atoms with E-state index >= 15 is 0 Å². The van der Waals surface area contributed by atoms with Gasteiger partial charge in [0.2, 0.25) is 0 Å². The first-order chi connectivity index (χ1) is 11.8. The van der Waals surface area contributed by atoms with Gasteiger partial charge < -0.3 is 0 Å². The van der Waals surface area contributed by atoms with Crippen molar-refractivity contribution in [2.45, 2.75) is 39.5 Å². The Morgan fingerprint density at radius 1 is 1.00 bits per heavy atom. The van der Waals surface area contributed by atoms with Crippen LogP contribution in [0.25, 0.3) is 0 Å². The third kappa shape index (κ3) is 7.54. The fourth-order valence-corrected chi connectivity index (χ4v) is 2.73. The van der Waals surface area contributed by atoms with E-state index in [1.807, 2.05) is 24.3 Å². The summed E-state index contributed by atoms with van der Waals surface area (Å²) in [5, 5.41) is 8.93. The number of allylic oxidation sites excluding steroid dienone is 6. The first kappa shape index (κ1) is 20.9. The van der Waals surface area contributed by atoms with Crippen molar-refractivity contribution < 1.29 is 0 Å². The molecule has 0 aromatic carbocycles. The molecule has 0 saturated carbocycles. The van der Waals surface area contributed by atoms with E-state index in [1.165, 1.54) is 0 Å². The highest BCUT2D eigenvalue weighted by Crippen LogP contribution is 2.34. The first-order valence-corrected chi connectivity index (χ1v) is 8.99. The Balaban J connectivity index is 2.44. The van der Waals surface area contributed by atoms with Crippen LogP contribution in [0.4, 0.5) is 0 Å². The van der Waals surface area contributed by atoms with Crippen molar-refractivity contribution >= 4 is 0 Å². The van der Waals surface area contributed by atoms with E-state index in [0.717, 1.165) is 61.2 Å². The molecule has 0 unspecified atom stereocenters. The number of likely N-dealkylation sites (tertiary alicyclic amines) is 1. The lowest BCUT2D eigenvalue weighted by Gasteiger charge is -2.38. The predicted molar refractivity (Wildman–Crippen MR) is 109 cm³/mol. The summed E-state index contributed by atoms with van der Waals surface area (Å²) in [4.78, 5) is 2.41. The lowest BCUT2D eigenvalue weighted by molar-refractivity contribution is 0.130. The van der Waals surface area contributed by atoms with Crippen molar-refractivity contribution in [3.8, 4) is 6.07 Å². The molecule has 2 nitrogen and oxygen atoms in total. The molecule has 134 valence electrons. The fraction of sp³-hybridized carbons (Fsp3) is 0.435. The van der Waals surface area contributed by atoms with Crippen molar-refractivity contribution in [1.29, 1.82) is 5.26 Å². The minimum atomic E-state index is 0.184. The Bertz CT molecular complexity index is 617. The van der Waals surface area contributed by atoms with Crippen LogP contribution in [-0.4, -0.2) is 24.5 Å². The molecule has 1 heterocycles. The molecule has 2 heteroatoms. The van der Waals surface area contributed by atoms with Gasteiger partial charge in [0.05, 0.1) is 6.07 Å². The van der Waals surface area contributed by atoms with Gasteiger partial charge >= 0.3 is 0 Å². The van der Waals surface area contributed by atoms with Gasteiger partial charge in [0.25, 0.3) is 0 Å². The molecule has 0 amide bonds. The zero-order chi connectivity index (χ0) is 18.9. The van der Waals surface area contributed by atoms with Crippen molar-refractivity contribution in [2.24, 2.45) is 5.41 Å². The Hall–Kier alpha value is -2.11. The summed E-state index contributed by atoms with van der Waals surface area (Å²) in [6.07, 6.45) is 11.7. The van der Waals surface area contributed by atoms with Crippen LogP contribution in [-0.2, 0) is 0 Å². The van der Waals surface area contributed by atoms with E-state index in [9.17, 15) is 0 Å². The average molecular weight is 337 g/mol. The number of nitrogens with zero attached hydrogens (tertiary/aromatic N) is 2. The molecular weight excluding hydrogens is 304 g/mol. The van der Waals surface area contributed by atoms with E-state index in [0.29, 0.717) is 6.42 Å². The molecule has 1 fully saturated rings. The average Bonchev–Trinajstić information content (AvgIpc) is 2.59. The highest BCUT2D eigenvalue weighted by atomic mass is 15.1. The van der Waals surface area contributed by atoms with Gasteiger partial charge in [-0.05, 0) is 54.5 Å². The zero-order valence-corrected chi connectivity index (χ0v) is 16.0. The quantitative estimate of drug-likeness (QED) is 0.501. The summed E-state index contributed by atoms with van der Waals surface area (Å²) in [7, 11) is 0. The zero-order valence-electron chi connectivity index (χ0n) is 16.0. The van der Waals surface area contributed by atoms with Crippen molar-refractivity contribution in [3.05, 3.63) is 72.9 Å². The van der Waals surface area contributed by atoms with Crippen LogP contribution in [0.15, 0.2) is 72.9 Å². The molecule has 0 bridgehead atoms. The molecule has 0 aromatic rings. The number of rotatable bonds is 9. The van der Waals surface area contributed by atoms with E-state index in [-0.39, 0.29) is 5.41 Å². The summed E-state index contributed by atoms with van der Waals surface area (Å²) in [6, 6.07) is 2.32. The van der Waals surface area contributed by atoms with Crippen LogP contribution in [0.1, 0.15) is 39.5 Å². The molecule has 0 radical (unpaired) electrons. The predicted octanol–water partition coefficient (Wildman–Crippen LogP) is 5.75. The summed E-state index contributed by atoms with van der Waals surface area (Å²) < 4.78 is 0. The van der Waals surface area contributed by atoms with Gasteiger partial charge in [-0.2, -0.15) is 5.26 Å². The Kier molecular flexibility index (Phi) is 8.38. The second-order valence-corrected chi connectivity index (χ2v) is 7.31. The maximum atomic E-state index is 8.93. The maximum absolute atomic E-state index is 8.93. The Morgan fingerprint density at radius 2 is 1.52 bits per heavy atom. The smallest absolute Gasteiger partial charge is 0.0627 e. The lowest BCUT2D eigenvalue weighted by Crippen LogP contribution is -2.39. The highest BCUT2D eigenvalue weighted by Gasteiger charge is 2.29. The van der Waals surface area contributed by atoms with Crippen LogP contribution in [0.3, 0.4) is 0 Å². The largest absolute Gasteiger partial charge is 0.299 e. The molecule has 1 saturated heterocycles. The molecule has 0 aliphatic carbocycles. The minimum Gasteiger partial charge on any atom is -0.299 e. The second kappa shape index (κ2) is 10.0. The fourth-order valence-electron chi connectivity index (χ4n) is 2.73. The molecule has 1 aliphatic heterocycles. The summed E-state index contributed by atoms with van der Waals surface area (Å²) in [5.41, 5.74) is 4.12. The van der Waals surface area contributed by atoms with Gasteiger partial charge in [0, 0.05) is 13.0 Å². The van der Waals surface area contributed by atoms with Crippen LogP contribution in [0, 0.1) is 16.7 Å². The van der Waals surface area contributed by atoms with Gasteiger partial charge in [0.15, 0.2) is 0 Å². The van der Waals surface area contributed by atoms with Crippen molar-refractivity contribution in [2.75, 3.05) is 19.6 Å². The van der Waals surface area contributed by atoms with Crippen LogP contribution >= 0.6 is 0 Å². The van der Waals surface area contributed by atoms with Crippen LogP contribution in [0.2, 0.25) is 0 Å². The SMILES string of the molecule is C=C(/C=C\C(=C)C(=C)/C=C\C(=C)CN1CCC(C)(CC#N)CC1)CC. The molecule has 0 N–H and O–H groups in total. The Morgan fingerprint density at radius 3 is 2.00 bits per heavy atom. The number of hydrogen-bond donors (Lipinski definition) is 0. The molecule has 1 rings (SSSR count). The molecular formula is C23H32N2. The van der Waals surface area contributed by atoms with E-state index in [4.69, 9.17) is 5.26 Å². The summed E-state index contributed by atoms with van der Waals surface area (Å²) in [5.74, 6) is 0. The normalized spacial score (nSPS) is 17.5. The van der Waals surface area contributed by atoms with E-state index in [2.05, 4.69) is 51.1 Å². The van der Waals surface area contributed by atoms with Gasteiger partial charge in [0.1, 0.15) is 0 Å². The van der Waals surface area contributed by atoms with Crippen molar-refractivity contribution in [1.82, 2.24) is 4.90 Å². The number of piperidine rings is 1. The molecule has 25 heavy (non-hydrogen) atoms. The summed E-state index contributed by atoms with van der Waals surface area (Å²) in [6.45, 7) is 23.4. The van der Waals surface area contributed by atoms with Crippen molar-refractivity contribution in [3.63, 3.8) is 0 Å². The summed E-state index contributed by atoms with van der Waals surface area (Å²) >= 11 is 0. The molecule has 0 atom stereocenters. The monoisotopic (exact) mass is 336 g/mol. The third-order valence-corrected chi connectivity index (χ3v) is 4.90. The van der Waals surface area contributed by atoms with Gasteiger partial charge in [-0.1, -0.05) is 70.0 Å². The van der Waals surface area contributed by atoms with Gasteiger partial charge in [-0.25, -0.2) is 0 Å². The highest BCUT2D eigenvalue weighted by molar-refractivity contribution is 5.45. The topological polar surface area (TPSA) is 27.0 Å². The Labute approximate surface area is 154 Å². The van der Waals surface area contributed by atoms with Gasteiger partial charge in [-0.3, -0.25) is 4.90 Å². The molecule has 0 aromatic heterocycles. The van der Waals surface area contributed by atoms with Gasteiger partial charge in [-0.15, -0.1) is 0 Å². The third-order valence-electron chi connectivity index (χ3n) is 4.90.